The number of nitrogens with one attached hydrogen (secondary N) is 2. The van der Waals surface area contributed by atoms with Crippen molar-refractivity contribution < 1.29 is 9.47 Å². The molecule has 0 spiro atoms. The summed E-state index contributed by atoms with van der Waals surface area (Å²) in [4.78, 5) is 4.26. The van der Waals surface area contributed by atoms with Crippen LogP contribution in [0.1, 0.15) is 26.3 Å². The zero-order chi connectivity index (χ0) is 17.3. The highest BCUT2D eigenvalue weighted by molar-refractivity contribution is 7.99. The summed E-state index contributed by atoms with van der Waals surface area (Å²) in [5, 5.41) is 6.67. The van der Waals surface area contributed by atoms with Gasteiger partial charge in [-0.05, 0) is 44.7 Å². The molecule has 5 nitrogen and oxygen atoms in total. The van der Waals surface area contributed by atoms with E-state index in [2.05, 4.69) is 35.7 Å². The zero-order valence-corrected chi connectivity index (χ0v) is 15.8. The lowest BCUT2D eigenvalue weighted by molar-refractivity contribution is 0.310. The maximum absolute atomic E-state index is 5.53. The molecule has 0 bridgehead atoms. The van der Waals surface area contributed by atoms with Crippen LogP contribution in [0.4, 0.5) is 0 Å². The van der Waals surface area contributed by atoms with E-state index in [-0.39, 0.29) is 4.75 Å². The van der Waals surface area contributed by atoms with Crippen molar-refractivity contribution >= 4 is 17.7 Å². The molecule has 6 heteroatoms. The summed E-state index contributed by atoms with van der Waals surface area (Å²) in [5.41, 5.74) is 1.11. The Kier molecular flexibility index (Phi) is 8.09. The molecule has 0 aromatic heterocycles. The van der Waals surface area contributed by atoms with E-state index in [1.165, 1.54) is 0 Å². The lowest BCUT2D eigenvalue weighted by atomic mass is 10.2. The minimum absolute atomic E-state index is 0.167. The van der Waals surface area contributed by atoms with Crippen LogP contribution in [0.15, 0.2) is 23.2 Å². The molecule has 0 aliphatic heterocycles. The van der Waals surface area contributed by atoms with Gasteiger partial charge in [-0.3, -0.25) is 4.99 Å². The van der Waals surface area contributed by atoms with Gasteiger partial charge in [0.15, 0.2) is 17.5 Å². The van der Waals surface area contributed by atoms with Crippen molar-refractivity contribution in [3.8, 4) is 11.5 Å². The summed E-state index contributed by atoms with van der Waals surface area (Å²) < 4.78 is 11.1. The van der Waals surface area contributed by atoms with E-state index in [0.717, 1.165) is 29.6 Å². The summed E-state index contributed by atoms with van der Waals surface area (Å²) >= 11 is 1.83. The van der Waals surface area contributed by atoms with E-state index in [0.29, 0.717) is 13.2 Å². The van der Waals surface area contributed by atoms with E-state index in [9.17, 15) is 0 Å². The Bertz CT molecular complexity index is 519. The second kappa shape index (κ2) is 9.55. The van der Waals surface area contributed by atoms with Crippen LogP contribution in [0.5, 0.6) is 11.5 Å². The number of guanidine groups is 1. The Morgan fingerprint density at radius 2 is 2.00 bits per heavy atom. The van der Waals surface area contributed by atoms with Crippen molar-refractivity contribution in [1.82, 2.24) is 10.6 Å². The molecular formula is C17H29N3O2S. The lowest BCUT2D eigenvalue weighted by Crippen LogP contribution is -2.42. The van der Waals surface area contributed by atoms with Gasteiger partial charge in [0.05, 0.1) is 13.7 Å². The molecule has 0 heterocycles. The largest absolute Gasteiger partial charge is 0.493 e. The van der Waals surface area contributed by atoms with Gasteiger partial charge < -0.3 is 20.1 Å². The standard InChI is InChI=1S/C17H29N3O2S/c1-7-22-14-9-8-13(10-15(14)21-5)11-19-16(18-4)20-12-17(2,3)23-6/h8-10H,7,11-12H2,1-6H3,(H2,18,19,20). The fourth-order valence-electron chi connectivity index (χ4n) is 1.87. The van der Waals surface area contributed by atoms with Gasteiger partial charge in [-0.1, -0.05) is 6.07 Å². The minimum atomic E-state index is 0.167. The van der Waals surface area contributed by atoms with Gasteiger partial charge in [0, 0.05) is 24.9 Å². The number of hydrogen-bond acceptors (Lipinski definition) is 4. The maximum atomic E-state index is 5.53. The first kappa shape index (κ1) is 19.5. The Morgan fingerprint density at radius 1 is 1.26 bits per heavy atom. The molecule has 1 aromatic rings. The third kappa shape index (κ3) is 6.60. The van der Waals surface area contributed by atoms with E-state index >= 15 is 0 Å². The fourth-order valence-corrected chi connectivity index (χ4v) is 2.09. The minimum Gasteiger partial charge on any atom is -0.493 e. The quantitative estimate of drug-likeness (QED) is 0.563. The fraction of sp³-hybridized carbons (Fsp3) is 0.588. The Hall–Kier alpha value is -1.56. The Balaban J connectivity index is 2.62. The van der Waals surface area contributed by atoms with Gasteiger partial charge in [-0.2, -0.15) is 11.8 Å². The van der Waals surface area contributed by atoms with Crippen LogP contribution >= 0.6 is 11.8 Å². The van der Waals surface area contributed by atoms with Gasteiger partial charge in [-0.25, -0.2) is 0 Å². The molecule has 1 rings (SSSR count). The molecule has 0 aliphatic rings. The second-order valence-electron chi connectivity index (χ2n) is 5.66. The molecule has 0 saturated carbocycles. The second-order valence-corrected chi connectivity index (χ2v) is 7.17. The Labute approximate surface area is 144 Å². The molecule has 1 aromatic carbocycles. The van der Waals surface area contributed by atoms with Crippen LogP contribution in [-0.4, -0.2) is 44.3 Å². The SMILES string of the molecule is CCOc1ccc(CNC(=NC)NCC(C)(C)SC)cc1OC. The molecule has 0 saturated heterocycles. The molecule has 23 heavy (non-hydrogen) atoms. The van der Waals surface area contributed by atoms with Crippen molar-refractivity contribution in [3.63, 3.8) is 0 Å². The first-order chi connectivity index (χ1) is 11.0. The molecule has 0 fully saturated rings. The molecule has 2 N–H and O–H groups in total. The van der Waals surface area contributed by atoms with Gasteiger partial charge in [0.1, 0.15) is 0 Å². The van der Waals surface area contributed by atoms with E-state index in [1.54, 1.807) is 14.2 Å². The molecule has 130 valence electrons. The van der Waals surface area contributed by atoms with Crippen LogP contribution in [0, 0.1) is 0 Å². The molecule has 0 aliphatic carbocycles. The van der Waals surface area contributed by atoms with Crippen LogP contribution in [0.3, 0.4) is 0 Å². The number of hydrogen-bond donors (Lipinski definition) is 2. The van der Waals surface area contributed by atoms with Gasteiger partial charge in [0.25, 0.3) is 0 Å². The number of benzene rings is 1. The highest BCUT2D eigenvalue weighted by atomic mass is 32.2. The average Bonchev–Trinajstić information content (AvgIpc) is 2.56. The summed E-state index contributed by atoms with van der Waals surface area (Å²) in [6.07, 6.45) is 2.12. The summed E-state index contributed by atoms with van der Waals surface area (Å²) in [7, 11) is 3.43. The first-order valence-corrected chi connectivity index (χ1v) is 8.97. The van der Waals surface area contributed by atoms with Gasteiger partial charge in [-0.15, -0.1) is 0 Å². The molecule has 0 unspecified atom stereocenters. The van der Waals surface area contributed by atoms with Crippen molar-refractivity contribution in [2.75, 3.05) is 33.6 Å². The zero-order valence-electron chi connectivity index (χ0n) is 15.0. The molecular weight excluding hydrogens is 310 g/mol. The number of rotatable bonds is 8. The van der Waals surface area contributed by atoms with Crippen LogP contribution in [0.25, 0.3) is 0 Å². The number of aliphatic imine (C=N–C) groups is 1. The van der Waals surface area contributed by atoms with Gasteiger partial charge >= 0.3 is 0 Å². The topological polar surface area (TPSA) is 54.9 Å². The number of ether oxygens (including phenoxy) is 2. The number of nitrogens with zero attached hydrogens (tertiary/aromatic N) is 1. The molecule has 0 radical (unpaired) electrons. The van der Waals surface area contributed by atoms with Gasteiger partial charge in [0.2, 0.25) is 0 Å². The molecule has 0 amide bonds. The normalized spacial score (nSPS) is 12.0. The summed E-state index contributed by atoms with van der Waals surface area (Å²) in [6.45, 7) is 8.50. The highest BCUT2D eigenvalue weighted by Crippen LogP contribution is 2.27. The van der Waals surface area contributed by atoms with Crippen LogP contribution in [0.2, 0.25) is 0 Å². The third-order valence-electron chi connectivity index (χ3n) is 3.45. The lowest BCUT2D eigenvalue weighted by Gasteiger charge is -2.23. The summed E-state index contributed by atoms with van der Waals surface area (Å²) in [5.74, 6) is 2.31. The number of thioether (sulfide) groups is 1. The monoisotopic (exact) mass is 339 g/mol. The molecule has 0 atom stereocenters. The summed E-state index contributed by atoms with van der Waals surface area (Å²) in [6, 6.07) is 5.95. The average molecular weight is 340 g/mol. The first-order valence-electron chi connectivity index (χ1n) is 7.75. The van der Waals surface area contributed by atoms with E-state index in [1.807, 2.05) is 36.9 Å². The highest BCUT2D eigenvalue weighted by Gasteiger charge is 2.16. The Morgan fingerprint density at radius 3 is 2.57 bits per heavy atom. The predicted molar refractivity (Wildman–Crippen MR) is 100.0 cm³/mol. The van der Waals surface area contributed by atoms with Crippen molar-refractivity contribution in [1.29, 1.82) is 0 Å². The van der Waals surface area contributed by atoms with Crippen LogP contribution in [-0.2, 0) is 6.54 Å². The smallest absolute Gasteiger partial charge is 0.191 e. The maximum Gasteiger partial charge on any atom is 0.191 e. The number of methoxy groups -OCH3 is 1. The van der Waals surface area contributed by atoms with E-state index < -0.39 is 0 Å². The van der Waals surface area contributed by atoms with E-state index in [4.69, 9.17) is 9.47 Å². The predicted octanol–water partition coefficient (Wildman–Crippen LogP) is 2.90. The third-order valence-corrected chi connectivity index (χ3v) is 4.70. The van der Waals surface area contributed by atoms with Crippen molar-refractivity contribution in [2.24, 2.45) is 4.99 Å². The van der Waals surface area contributed by atoms with Crippen molar-refractivity contribution in [2.45, 2.75) is 32.1 Å². The van der Waals surface area contributed by atoms with Crippen LogP contribution < -0.4 is 20.1 Å². The van der Waals surface area contributed by atoms with Crippen molar-refractivity contribution in [3.05, 3.63) is 23.8 Å².